The van der Waals surface area contributed by atoms with Crippen LogP contribution in [-0.2, 0) is 13.0 Å². The van der Waals surface area contributed by atoms with Crippen LogP contribution < -0.4 is 15.6 Å². The molecule has 0 saturated carbocycles. The van der Waals surface area contributed by atoms with Gasteiger partial charge in [0.25, 0.3) is 12.0 Å². The van der Waals surface area contributed by atoms with Crippen molar-refractivity contribution in [1.82, 2.24) is 14.6 Å². The summed E-state index contributed by atoms with van der Waals surface area (Å²) in [6, 6.07) is 8.35. The van der Waals surface area contributed by atoms with E-state index in [0.717, 1.165) is 11.3 Å². The molecular formula is C16H16F2N4O2S. The van der Waals surface area contributed by atoms with Crippen molar-refractivity contribution in [2.24, 2.45) is 0 Å². The van der Waals surface area contributed by atoms with Gasteiger partial charge in [-0.25, -0.2) is 13.8 Å². The Labute approximate surface area is 146 Å². The molecule has 6 nitrogen and oxygen atoms in total. The molecule has 0 aliphatic heterocycles. The summed E-state index contributed by atoms with van der Waals surface area (Å²) in [6.45, 7) is 1.71. The minimum atomic E-state index is -2.51. The van der Waals surface area contributed by atoms with Crippen LogP contribution in [0.2, 0.25) is 0 Å². The lowest BCUT2D eigenvalue weighted by molar-refractivity contribution is 0.0818. The van der Waals surface area contributed by atoms with Crippen LogP contribution in [0.15, 0.2) is 35.1 Å². The number of anilines is 1. The number of aromatic nitrogens is 3. The molecule has 1 aromatic carbocycles. The largest absolute Gasteiger partial charge is 0.488 e. The van der Waals surface area contributed by atoms with Crippen LogP contribution in [0.3, 0.4) is 0 Å². The molecule has 1 N–H and O–H groups in total. The van der Waals surface area contributed by atoms with Gasteiger partial charge in [0, 0.05) is 18.3 Å². The van der Waals surface area contributed by atoms with Gasteiger partial charge in [0.2, 0.25) is 10.1 Å². The number of halogens is 2. The molecule has 25 heavy (non-hydrogen) atoms. The Morgan fingerprint density at radius 3 is 2.96 bits per heavy atom. The number of benzene rings is 1. The van der Waals surface area contributed by atoms with Crippen molar-refractivity contribution >= 4 is 21.4 Å². The summed E-state index contributed by atoms with van der Waals surface area (Å²) in [6.07, 6.45) is -1.83. The summed E-state index contributed by atoms with van der Waals surface area (Å²) < 4.78 is 30.7. The SMILES string of the molecule is CCc1cc(=O)n2nc(NCc3cccc(OCC(F)F)c3)sc2n1. The lowest BCUT2D eigenvalue weighted by Gasteiger charge is -2.07. The van der Waals surface area contributed by atoms with Gasteiger partial charge < -0.3 is 10.1 Å². The van der Waals surface area contributed by atoms with Crippen LogP contribution in [0.1, 0.15) is 18.2 Å². The van der Waals surface area contributed by atoms with Crippen molar-refractivity contribution in [2.75, 3.05) is 11.9 Å². The zero-order valence-electron chi connectivity index (χ0n) is 13.4. The average Bonchev–Trinajstić information content (AvgIpc) is 3.02. The minimum Gasteiger partial charge on any atom is -0.488 e. The van der Waals surface area contributed by atoms with E-state index in [0.29, 0.717) is 28.8 Å². The van der Waals surface area contributed by atoms with Crippen molar-refractivity contribution in [2.45, 2.75) is 26.3 Å². The number of rotatable bonds is 7. The zero-order chi connectivity index (χ0) is 17.8. The number of nitrogens with zero attached hydrogens (tertiary/aromatic N) is 3. The third kappa shape index (κ3) is 4.30. The predicted molar refractivity (Wildman–Crippen MR) is 91.8 cm³/mol. The molecule has 9 heteroatoms. The molecule has 0 aliphatic carbocycles. The maximum atomic E-state index is 12.2. The second kappa shape index (κ2) is 7.56. The van der Waals surface area contributed by atoms with E-state index in [2.05, 4.69) is 15.4 Å². The molecular weight excluding hydrogens is 350 g/mol. The van der Waals surface area contributed by atoms with E-state index in [1.54, 1.807) is 18.2 Å². The molecule has 0 saturated heterocycles. The summed E-state index contributed by atoms with van der Waals surface area (Å²) in [7, 11) is 0. The van der Waals surface area contributed by atoms with Gasteiger partial charge in [0.15, 0.2) is 0 Å². The number of nitrogens with one attached hydrogen (secondary N) is 1. The van der Waals surface area contributed by atoms with Gasteiger partial charge in [-0.05, 0) is 24.1 Å². The Hall–Kier alpha value is -2.55. The van der Waals surface area contributed by atoms with E-state index in [1.807, 2.05) is 13.0 Å². The standard InChI is InChI=1S/C16H16F2N4O2S/c1-2-11-7-14(23)22-16(20-11)25-15(21-22)19-8-10-4-3-5-12(6-10)24-9-13(17)18/h3-7,13H,2,8-9H2,1H3,(H,19,21). The first-order chi connectivity index (χ1) is 12.0. The molecule has 2 heterocycles. The second-order valence-corrected chi connectivity index (χ2v) is 6.20. The zero-order valence-corrected chi connectivity index (χ0v) is 14.2. The maximum Gasteiger partial charge on any atom is 0.275 e. The molecule has 0 aliphatic rings. The summed E-state index contributed by atoms with van der Waals surface area (Å²) >= 11 is 1.28. The third-order valence-corrected chi connectivity index (χ3v) is 4.24. The number of hydrogen-bond donors (Lipinski definition) is 1. The highest BCUT2D eigenvalue weighted by molar-refractivity contribution is 7.20. The van der Waals surface area contributed by atoms with Crippen molar-refractivity contribution < 1.29 is 13.5 Å². The molecule has 3 rings (SSSR count). The quantitative estimate of drug-likeness (QED) is 0.696. The summed E-state index contributed by atoms with van der Waals surface area (Å²) in [4.78, 5) is 16.9. The fourth-order valence-corrected chi connectivity index (χ4v) is 3.01. The fraction of sp³-hybridized carbons (Fsp3) is 0.312. The summed E-state index contributed by atoms with van der Waals surface area (Å²) in [5.41, 5.74) is 1.36. The summed E-state index contributed by atoms with van der Waals surface area (Å²) in [5.74, 6) is 0.384. The van der Waals surface area contributed by atoms with Crippen LogP contribution in [0.5, 0.6) is 5.75 Å². The normalized spacial score (nSPS) is 11.2. The Balaban J connectivity index is 1.71. The predicted octanol–water partition coefficient (Wildman–Crippen LogP) is 2.97. The molecule has 3 aromatic rings. The highest BCUT2D eigenvalue weighted by atomic mass is 32.1. The lowest BCUT2D eigenvalue weighted by atomic mass is 10.2. The molecule has 0 fully saturated rings. The molecule has 0 spiro atoms. The summed E-state index contributed by atoms with van der Waals surface area (Å²) in [5, 5.41) is 7.87. The number of aryl methyl sites for hydroxylation is 1. The number of ether oxygens (including phenoxy) is 1. The van der Waals surface area contributed by atoms with E-state index in [4.69, 9.17) is 4.74 Å². The first kappa shape index (κ1) is 17.3. The molecule has 2 aromatic heterocycles. The first-order valence-corrected chi connectivity index (χ1v) is 8.50. The van der Waals surface area contributed by atoms with Gasteiger partial charge in [-0.3, -0.25) is 4.79 Å². The second-order valence-electron chi connectivity index (χ2n) is 5.24. The molecule has 0 radical (unpaired) electrons. The van der Waals surface area contributed by atoms with Crippen molar-refractivity contribution in [1.29, 1.82) is 0 Å². The lowest BCUT2D eigenvalue weighted by Crippen LogP contribution is -2.15. The smallest absolute Gasteiger partial charge is 0.275 e. The van der Waals surface area contributed by atoms with Gasteiger partial charge in [0.05, 0.1) is 0 Å². The van der Waals surface area contributed by atoms with Gasteiger partial charge >= 0.3 is 0 Å². The van der Waals surface area contributed by atoms with Crippen LogP contribution in [-0.4, -0.2) is 27.6 Å². The van der Waals surface area contributed by atoms with Gasteiger partial charge in [-0.1, -0.05) is 30.4 Å². The van der Waals surface area contributed by atoms with Crippen molar-refractivity contribution in [3.63, 3.8) is 0 Å². The monoisotopic (exact) mass is 366 g/mol. The Morgan fingerprint density at radius 1 is 1.36 bits per heavy atom. The molecule has 132 valence electrons. The van der Waals surface area contributed by atoms with E-state index in [1.165, 1.54) is 21.9 Å². The van der Waals surface area contributed by atoms with E-state index in [-0.39, 0.29) is 5.56 Å². The molecule has 0 unspecified atom stereocenters. The number of hydrogen-bond acceptors (Lipinski definition) is 6. The molecule has 0 atom stereocenters. The third-order valence-electron chi connectivity index (χ3n) is 3.38. The Kier molecular flexibility index (Phi) is 5.22. The average molecular weight is 366 g/mol. The van der Waals surface area contributed by atoms with Gasteiger partial charge in [-0.2, -0.15) is 4.52 Å². The van der Waals surface area contributed by atoms with Gasteiger partial charge in [-0.15, -0.1) is 5.10 Å². The number of alkyl halides is 2. The minimum absolute atomic E-state index is 0.214. The Morgan fingerprint density at radius 2 is 2.20 bits per heavy atom. The van der Waals surface area contributed by atoms with Gasteiger partial charge in [0.1, 0.15) is 12.4 Å². The topological polar surface area (TPSA) is 68.5 Å². The highest BCUT2D eigenvalue weighted by Gasteiger charge is 2.09. The van der Waals surface area contributed by atoms with Crippen molar-refractivity contribution in [3.8, 4) is 5.75 Å². The molecule has 0 amide bonds. The van der Waals surface area contributed by atoms with Crippen LogP contribution >= 0.6 is 11.3 Å². The van der Waals surface area contributed by atoms with Crippen LogP contribution in [0, 0.1) is 0 Å². The van der Waals surface area contributed by atoms with Crippen LogP contribution in [0.25, 0.3) is 4.96 Å². The maximum absolute atomic E-state index is 12.2. The molecule has 0 bridgehead atoms. The van der Waals surface area contributed by atoms with E-state index < -0.39 is 13.0 Å². The first-order valence-electron chi connectivity index (χ1n) is 7.68. The van der Waals surface area contributed by atoms with Crippen molar-refractivity contribution in [3.05, 3.63) is 51.9 Å². The fourth-order valence-electron chi connectivity index (χ4n) is 2.19. The van der Waals surface area contributed by atoms with E-state index in [9.17, 15) is 13.6 Å². The van der Waals surface area contributed by atoms with E-state index >= 15 is 0 Å². The Bertz CT molecular complexity index is 926. The highest BCUT2D eigenvalue weighted by Crippen LogP contribution is 2.19. The van der Waals surface area contributed by atoms with Crippen LogP contribution in [0.4, 0.5) is 13.9 Å². The number of fused-ring (bicyclic) bond motifs is 1.